The molecule has 1 fully saturated rings. The minimum absolute atomic E-state index is 0.377. The molecule has 5 aromatic rings. The smallest absolute Gasteiger partial charge is 0.334 e. The third kappa shape index (κ3) is 4.14. The van der Waals surface area contributed by atoms with Crippen LogP contribution in [-0.4, -0.2) is 46.4 Å². The molecule has 1 unspecified atom stereocenters. The molecule has 1 aliphatic rings. The lowest BCUT2D eigenvalue weighted by molar-refractivity contribution is 0.0529. The summed E-state index contributed by atoms with van der Waals surface area (Å²) < 4.78 is 10.1. The molecule has 11 heteroatoms. The molecule has 6 rings (SSSR count). The molecule has 0 amide bonds. The van der Waals surface area contributed by atoms with Crippen LogP contribution in [0.4, 0.5) is 0 Å². The fraction of sp³-hybridized carbons (Fsp3) is 0.333. The SMILES string of the molecule is COC(C)n1c(=O)c2c(nc(C)n2Cc2ccc(-c3ccccc3-c3nnn[nH]3)cc2)n(CC2CC2)c1=O. The van der Waals surface area contributed by atoms with E-state index in [1.165, 1.54) is 11.7 Å². The lowest BCUT2D eigenvalue weighted by Crippen LogP contribution is -2.43. The Kier molecular flexibility index (Phi) is 5.99. The number of H-pyrrole nitrogens is 1. The first-order valence-electron chi connectivity index (χ1n) is 12.6. The predicted octanol–water partition coefficient (Wildman–Crippen LogP) is 3.14. The monoisotopic (exact) mass is 512 g/mol. The molecule has 0 aliphatic heterocycles. The predicted molar refractivity (Wildman–Crippen MR) is 142 cm³/mol. The van der Waals surface area contributed by atoms with Crippen LogP contribution < -0.4 is 11.2 Å². The Morgan fingerprint density at radius 1 is 1.05 bits per heavy atom. The molecule has 194 valence electrons. The summed E-state index contributed by atoms with van der Waals surface area (Å²) in [5.41, 5.74) is 4.01. The van der Waals surface area contributed by atoms with Gasteiger partial charge in [-0.25, -0.2) is 19.4 Å². The number of tetrazole rings is 1. The Labute approximate surface area is 217 Å². The van der Waals surface area contributed by atoms with Gasteiger partial charge in [0.1, 0.15) is 12.1 Å². The molecule has 1 saturated carbocycles. The number of aromatic amines is 1. The number of hydrogen-bond acceptors (Lipinski definition) is 7. The van der Waals surface area contributed by atoms with Gasteiger partial charge < -0.3 is 9.30 Å². The maximum absolute atomic E-state index is 13.6. The van der Waals surface area contributed by atoms with Crippen LogP contribution in [0.25, 0.3) is 33.7 Å². The van der Waals surface area contributed by atoms with Crippen LogP contribution in [0.3, 0.4) is 0 Å². The first kappa shape index (κ1) is 24.0. The van der Waals surface area contributed by atoms with Crippen LogP contribution in [0.5, 0.6) is 0 Å². The molecule has 0 radical (unpaired) electrons. The van der Waals surface area contributed by atoms with Gasteiger partial charge in [-0.05, 0) is 59.7 Å². The van der Waals surface area contributed by atoms with E-state index in [4.69, 9.17) is 9.72 Å². The standard InChI is InChI=1S/C27H28N8O3/c1-16-28-25-23(26(36)35(17(2)38-3)27(37)34(25)15-18-8-9-18)33(16)14-19-10-12-20(13-11-19)21-6-4-5-7-22(21)24-29-31-32-30-24/h4-7,10-13,17-18H,8-9,14-15H2,1-3H3,(H,29,30,31,32). The fourth-order valence-corrected chi connectivity index (χ4v) is 4.90. The van der Waals surface area contributed by atoms with E-state index in [0.29, 0.717) is 41.8 Å². The maximum Gasteiger partial charge on any atom is 0.334 e. The topological polar surface area (TPSA) is 126 Å². The Hall–Kier alpha value is -4.38. The number of nitrogens with zero attached hydrogens (tertiary/aromatic N) is 7. The van der Waals surface area contributed by atoms with Crippen molar-refractivity contribution in [2.24, 2.45) is 5.92 Å². The Bertz CT molecular complexity index is 1730. The first-order valence-corrected chi connectivity index (χ1v) is 12.6. The largest absolute Gasteiger partial charge is 0.361 e. The van der Waals surface area contributed by atoms with Crippen LogP contribution >= 0.6 is 0 Å². The van der Waals surface area contributed by atoms with Gasteiger partial charge >= 0.3 is 5.69 Å². The quantitative estimate of drug-likeness (QED) is 0.339. The zero-order valence-corrected chi connectivity index (χ0v) is 21.5. The number of fused-ring (bicyclic) bond motifs is 1. The van der Waals surface area contributed by atoms with Crippen LogP contribution in [0.1, 0.15) is 37.4 Å². The summed E-state index contributed by atoms with van der Waals surface area (Å²) in [6, 6.07) is 16.1. The summed E-state index contributed by atoms with van der Waals surface area (Å²) in [7, 11) is 1.49. The summed E-state index contributed by atoms with van der Waals surface area (Å²) in [4.78, 5) is 31.6. The van der Waals surface area contributed by atoms with E-state index in [2.05, 4.69) is 20.6 Å². The molecule has 0 saturated heterocycles. The molecule has 3 aromatic heterocycles. The molecule has 2 aromatic carbocycles. The van der Waals surface area contributed by atoms with E-state index in [9.17, 15) is 9.59 Å². The maximum atomic E-state index is 13.6. The number of aromatic nitrogens is 8. The summed E-state index contributed by atoms with van der Waals surface area (Å²) in [6.07, 6.45) is 1.47. The Balaban J connectivity index is 1.41. The number of hydrogen-bond donors (Lipinski definition) is 1. The van der Waals surface area contributed by atoms with Gasteiger partial charge in [0.15, 0.2) is 17.0 Å². The Morgan fingerprint density at radius 2 is 1.79 bits per heavy atom. The normalized spacial score (nSPS) is 14.3. The van der Waals surface area contributed by atoms with Crippen molar-refractivity contribution in [1.29, 1.82) is 0 Å². The van der Waals surface area contributed by atoms with Crippen molar-refractivity contribution in [3.05, 3.63) is 80.8 Å². The van der Waals surface area contributed by atoms with Gasteiger partial charge in [0, 0.05) is 25.8 Å². The average Bonchev–Trinajstić information content (AvgIpc) is 3.46. The van der Waals surface area contributed by atoms with Crippen molar-refractivity contribution < 1.29 is 4.74 Å². The zero-order chi connectivity index (χ0) is 26.4. The van der Waals surface area contributed by atoms with Crippen molar-refractivity contribution >= 4 is 11.2 Å². The van der Waals surface area contributed by atoms with Gasteiger partial charge in [-0.15, -0.1) is 5.10 Å². The van der Waals surface area contributed by atoms with Crippen molar-refractivity contribution in [3.8, 4) is 22.5 Å². The van der Waals surface area contributed by atoms with Gasteiger partial charge in [-0.2, -0.15) is 0 Å². The summed E-state index contributed by atoms with van der Waals surface area (Å²) in [5, 5.41) is 14.3. The molecule has 38 heavy (non-hydrogen) atoms. The molecule has 1 atom stereocenters. The second-order valence-electron chi connectivity index (χ2n) is 9.76. The van der Waals surface area contributed by atoms with Gasteiger partial charge in [-0.3, -0.25) is 9.36 Å². The van der Waals surface area contributed by atoms with Crippen molar-refractivity contribution in [2.75, 3.05) is 7.11 Å². The molecule has 1 N–H and O–H groups in total. The zero-order valence-electron chi connectivity index (χ0n) is 21.5. The van der Waals surface area contributed by atoms with Crippen molar-refractivity contribution in [1.82, 2.24) is 39.3 Å². The van der Waals surface area contributed by atoms with E-state index in [0.717, 1.165) is 35.1 Å². The van der Waals surface area contributed by atoms with Gasteiger partial charge in [0.05, 0.1) is 0 Å². The van der Waals surface area contributed by atoms with Crippen molar-refractivity contribution in [3.63, 3.8) is 0 Å². The second kappa shape index (κ2) is 9.49. The number of ether oxygens (including phenoxy) is 1. The van der Waals surface area contributed by atoms with Gasteiger partial charge in [-0.1, -0.05) is 48.5 Å². The van der Waals surface area contributed by atoms with Crippen LogP contribution in [0.15, 0.2) is 58.1 Å². The molecule has 0 bridgehead atoms. The van der Waals surface area contributed by atoms with E-state index in [1.54, 1.807) is 11.5 Å². The van der Waals surface area contributed by atoms with E-state index in [1.807, 2.05) is 60.0 Å². The first-order chi connectivity index (χ1) is 18.5. The van der Waals surface area contributed by atoms with E-state index < -0.39 is 11.8 Å². The number of nitrogens with one attached hydrogen (secondary N) is 1. The van der Waals surface area contributed by atoms with Crippen LogP contribution in [0.2, 0.25) is 0 Å². The molecular weight excluding hydrogens is 484 g/mol. The number of benzene rings is 2. The fourth-order valence-electron chi connectivity index (χ4n) is 4.90. The third-order valence-corrected chi connectivity index (χ3v) is 7.23. The average molecular weight is 513 g/mol. The van der Waals surface area contributed by atoms with E-state index >= 15 is 0 Å². The minimum Gasteiger partial charge on any atom is -0.361 e. The molecule has 11 nitrogen and oxygen atoms in total. The minimum atomic E-state index is -0.688. The van der Waals surface area contributed by atoms with Crippen LogP contribution in [-0.2, 0) is 17.8 Å². The lowest BCUT2D eigenvalue weighted by Gasteiger charge is -2.16. The number of rotatable bonds is 8. The highest BCUT2D eigenvalue weighted by molar-refractivity contribution is 5.80. The summed E-state index contributed by atoms with van der Waals surface area (Å²) in [5.74, 6) is 1.72. The lowest BCUT2D eigenvalue weighted by atomic mass is 9.98. The van der Waals surface area contributed by atoms with E-state index in [-0.39, 0.29) is 5.69 Å². The highest BCUT2D eigenvalue weighted by atomic mass is 16.5. The summed E-state index contributed by atoms with van der Waals surface area (Å²) in [6.45, 7) is 4.56. The number of imidazole rings is 1. The highest BCUT2D eigenvalue weighted by Crippen LogP contribution is 2.32. The molecular formula is C27H28N8O3. The molecule has 0 spiro atoms. The van der Waals surface area contributed by atoms with Gasteiger partial charge in [0.2, 0.25) is 0 Å². The molecule has 3 heterocycles. The third-order valence-electron chi connectivity index (χ3n) is 7.23. The summed E-state index contributed by atoms with van der Waals surface area (Å²) >= 11 is 0. The highest BCUT2D eigenvalue weighted by Gasteiger charge is 2.28. The van der Waals surface area contributed by atoms with Crippen LogP contribution in [0, 0.1) is 12.8 Å². The second-order valence-corrected chi connectivity index (χ2v) is 9.76. The number of aryl methyl sites for hydroxylation is 1. The van der Waals surface area contributed by atoms with Gasteiger partial charge in [0.25, 0.3) is 5.56 Å². The molecule has 1 aliphatic carbocycles. The Morgan fingerprint density at radius 3 is 2.45 bits per heavy atom. The van der Waals surface area contributed by atoms with Crippen molar-refractivity contribution in [2.45, 2.75) is 46.0 Å². The number of methoxy groups -OCH3 is 1.